The summed E-state index contributed by atoms with van der Waals surface area (Å²) in [6.07, 6.45) is 1.70. The van der Waals surface area contributed by atoms with Crippen molar-refractivity contribution in [3.63, 3.8) is 0 Å². The molecular formula is C12H16BrNO2. The summed E-state index contributed by atoms with van der Waals surface area (Å²) in [7, 11) is 0. The van der Waals surface area contributed by atoms with Gasteiger partial charge in [0.15, 0.2) is 0 Å². The number of halogens is 1. The number of rotatable bonds is 2. The Hall–Kier alpha value is -0.900. The van der Waals surface area contributed by atoms with Crippen molar-refractivity contribution in [2.75, 3.05) is 6.61 Å². The van der Waals surface area contributed by atoms with Crippen LogP contribution in [0.15, 0.2) is 16.7 Å². The third-order valence-corrected chi connectivity index (χ3v) is 2.49. The van der Waals surface area contributed by atoms with Gasteiger partial charge in [-0.1, -0.05) is 20.8 Å². The maximum absolute atomic E-state index is 11.8. The molecule has 0 N–H and O–H groups in total. The van der Waals surface area contributed by atoms with Crippen LogP contribution in [0, 0.1) is 0 Å². The lowest BCUT2D eigenvalue weighted by atomic mass is 9.88. The molecule has 0 atom stereocenters. The summed E-state index contributed by atoms with van der Waals surface area (Å²) in [6.45, 7) is 8.22. The van der Waals surface area contributed by atoms with Gasteiger partial charge in [-0.15, -0.1) is 0 Å². The zero-order valence-electron chi connectivity index (χ0n) is 10.0. The summed E-state index contributed by atoms with van der Waals surface area (Å²) in [4.78, 5) is 16.1. The van der Waals surface area contributed by atoms with Gasteiger partial charge in [0.1, 0.15) is 0 Å². The van der Waals surface area contributed by atoms with Crippen LogP contribution in [0.4, 0.5) is 0 Å². The third kappa shape index (κ3) is 3.04. The minimum absolute atomic E-state index is 0.178. The van der Waals surface area contributed by atoms with Crippen LogP contribution in [-0.4, -0.2) is 17.6 Å². The third-order valence-electron chi connectivity index (χ3n) is 2.06. The topological polar surface area (TPSA) is 39.2 Å². The molecule has 16 heavy (non-hydrogen) atoms. The van der Waals surface area contributed by atoms with Crippen LogP contribution >= 0.6 is 15.9 Å². The molecule has 0 aliphatic carbocycles. The molecule has 4 heteroatoms. The van der Waals surface area contributed by atoms with Gasteiger partial charge in [-0.25, -0.2) is 4.79 Å². The van der Waals surface area contributed by atoms with Crippen LogP contribution in [0.5, 0.6) is 0 Å². The van der Waals surface area contributed by atoms with Crippen LogP contribution in [0.3, 0.4) is 0 Å². The molecule has 0 fully saturated rings. The molecule has 0 saturated carbocycles. The molecule has 1 aromatic rings. The summed E-state index contributed by atoms with van der Waals surface area (Å²) < 4.78 is 5.80. The Morgan fingerprint density at radius 1 is 1.50 bits per heavy atom. The van der Waals surface area contributed by atoms with E-state index in [4.69, 9.17) is 4.74 Å². The minimum atomic E-state index is -0.318. The van der Waals surface area contributed by atoms with Crippen molar-refractivity contribution in [3.8, 4) is 0 Å². The van der Waals surface area contributed by atoms with Crippen LogP contribution < -0.4 is 0 Å². The van der Waals surface area contributed by atoms with Gasteiger partial charge in [0.05, 0.1) is 17.9 Å². The summed E-state index contributed by atoms with van der Waals surface area (Å²) in [6, 6.07) is 1.76. The van der Waals surface area contributed by atoms with Crippen LogP contribution in [0.2, 0.25) is 0 Å². The quantitative estimate of drug-likeness (QED) is 0.783. The largest absolute Gasteiger partial charge is 0.462 e. The molecule has 0 saturated heterocycles. The van der Waals surface area contributed by atoms with Crippen LogP contribution in [-0.2, 0) is 10.2 Å². The number of hydrogen-bond donors (Lipinski definition) is 0. The van der Waals surface area contributed by atoms with Crippen molar-refractivity contribution >= 4 is 21.9 Å². The van der Waals surface area contributed by atoms with E-state index in [2.05, 4.69) is 20.9 Å². The van der Waals surface area contributed by atoms with E-state index in [0.29, 0.717) is 12.2 Å². The fourth-order valence-corrected chi connectivity index (χ4v) is 1.73. The maximum Gasteiger partial charge on any atom is 0.340 e. The van der Waals surface area contributed by atoms with Crippen molar-refractivity contribution in [1.29, 1.82) is 0 Å². The molecule has 88 valence electrons. The Kier molecular flexibility index (Phi) is 4.08. The molecular weight excluding hydrogens is 270 g/mol. The van der Waals surface area contributed by atoms with Gasteiger partial charge in [0, 0.05) is 16.1 Å². The number of ether oxygens (including phenoxy) is 1. The average molecular weight is 286 g/mol. The monoisotopic (exact) mass is 285 g/mol. The predicted molar refractivity (Wildman–Crippen MR) is 66.6 cm³/mol. The molecule has 3 nitrogen and oxygen atoms in total. The Bertz CT molecular complexity index is 396. The van der Waals surface area contributed by atoms with Gasteiger partial charge < -0.3 is 4.74 Å². The van der Waals surface area contributed by atoms with Gasteiger partial charge in [-0.05, 0) is 28.9 Å². The van der Waals surface area contributed by atoms with Gasteiger partial charge in [-0.2, -0.15) is 0 Å². The minimum Gasteiger partial charge on any atom is -0.462 e. The summed E-state index contributed by atoms with van der Waals surface area (Å²) in [5, 5.41) is 0. The number of nitrogens with zero attached hydrogens (tertiary/aromatic N) is 1. The number of pyridine rings is 1. The summed E-state index contributed by atoms with van der Waals surface area (Å²) in [5.74, 6) is -0.318. The molecule has 0 aliphatic heterocycles. The predicted octanol–water partition coefficient (Wildman–Crippen LogP) is 3.32. The number of carbonyl (C=O) groups excluding carboxylic acids is 1. The highest BCUT2D eigenvalue weighted by molar-refractivity contribution is 9.10. The maximum atomic E-state index is 11.8. The van der Waals surface area contributed by atoms with Gasteiger partial charge in [0.2, 0.25) is 0 Å². The molecule has 1 rings (SSSR count). The highest BCUT2D eigenvalue weighted by Crippen LogP contribution is 2.26. The molecule has 0 aliphatic rings. The Balaban J connectivity index is 3.24. The molecule has 0 unspecified atom stereocenters. The summed E-state index contributed by atoms with van der Waals surface area (Å²) >= 11 is 3.31. The van der Waals surface area contributed by atoms with Crippen LogP contribution in [0.25, 0.3) is 0 Å². The second kappa shape index (κ2) is 4.95. The van der Waals surface area contributed by atoms with E-state index in [1.807, 2.05) is 20.8 Å². The first-order valence-electron chi connectivity index (χ1n) is 5.19. The standard InChI is InChI=1S/C12H16BrNO2/c1-5-16-11(15)9-6-8(13)7-14-10(9)12(2,3)4/h6-7H,5H2,1-4H3. The molecule has 0 bridgehead atoms. The normalized spacial score (nSPS) is 11.3. The summed E-state index contributed by atoms with van der Waals surface area (Å²) in [5.41, 5.74) is 1.11. The number of carbonyl (C=O) groups is 1. The van der Waals surface area contributed by atoms with Crippen LogP contribution in [0.1, 0.15) is 43.7 Å². The molecule has 0 aromatic carbocycles. The van der Waals surface area contributed by atoms with Crippen molar-refractivity contribution in [3.05, 3.63) is 28.0 Å². The van der Waals surface area contributed by atoms with Crippen molar-refractivity contribution in [2.24, 2.45) is 0 Å². The first kappa shape index (κ1) is 13.2. The fourth-order valence-electron chi connectivity index (χ4n) is 1.40. The first-order chi connectivity index (χ1) is 7.36. The molecule has 0 amide bonds. The zero-order valence-corrected chi connectivity index (χ0v) is 11.6. The lowest BCUT2D eigenvalue weighted by Gasteiger charge is -2.20. The first-order valence-corrected chi connectivity index (χ1v) is 5.98. The molecule has 0 radical (unpaired) electrons. The van der Waals surface area contributed by atoms with E-state index in [1.54, 1.807) is 19.2 Å². The van der Waals surface area contributed by atoms with Gasteiger partial charge in [0.25, 0.3) is 0 Å². The van der Waals surface area contributed by atoms with Crippen molar-refractivity contribution in [1.82, 2.24) is 4.98 Å². The fraction of sp³-hybridized carbons (Fsp3) is 0.500. The molecule has 1 heterocycles. The second-order valence-electron chi connectivity index (χ2n) is 4.52. The second-order valence-corrected chi connectivity index (χ2v) is 5.44. The van der Waals surface area contributed by atoms with Crippen molar-refractivity contribution in [2.45, 2.75) is 33.1 Å². The Labute approximate surface area is 104 Å². The van der Waals surface area contributed by atoms with E-state index in [9.17, 15) is 4.79 Å². The van der Waals surface area contributed by atoms with E-state index >= 15 is 0 Å². The van der Waals surface area contributed by atoms with E-state index < -0.39 is 0 Å². The number of hydrogen-bond acceptors (Lipinski definition) is 3. The average Bonchev–Trinajstić information content (AvgIpc) is 2.16. The zero-order chi connectivity index (χ0) is 12.3. The van der Waals surface area contributed by atoms with Crippen molar-refractivity contribution < 1.29 is 9.53 Å². The van der Waals surface area contributed by atoms with E-state index in [0.717, 1.165) is 10.2 Å². The Morgan fingerprint density at radius 2 is 2.12 bits per heavy atom. The number of esters is 1. The number of aromatic nitrogens is 1. The van der Waals surface area contributed by atoms with E-state index in [-0.39, 0.29) is 11.4 Å². The smallest absolute Gasteiger partial charge is 0.340 e. The lowest BCUT2D eigenvalue weighted by Crippen LogP contribution is -2.20. The Morgan fingerprint density at radius 3 is 2.62 bits per heavy atom. The van der Waals surface area contributed by atoms with E-state index in [1.165, 1.54) is 0 Å². The molecule has 1 aromatic heterocycles. The highest BCUT2D eigenvalue weighted by Gasteiger charge is 2.24. The highest BCUT2D eigenvalue weighted by atomic mass is 79.9. The lowest BCUT2D eigenvalue weighted by molar-refractivity contribution is 0.0522. The van der Waals surface area contributed by atoms with Gasteiger partial charge >= 0.3 is 5.97 Å². The molecule has 0 spiro atoms. The SMILES string of the molecule is CCOC(=O)c1cc(Br)cnc1C(C)(C)C. The van der Waals surface area contributed by atoms with Gasteiger partial charge in [-0.3, -0.25) is 4.98 Å².